The largest absolute Gasteiger partial charge is 0.368 e. The summed E-state index contributed by atoms with van der Waals surface area (Å²) in [5, 5.41) is 6.11. The van der Waals surface area contributed by atoms with Gasteiger partial charge in [-0.25, -0.2) is 4.39 Å². The summed E-state index contributed by atoms with van der Waals surface area (Å²) in [5.74, 6) is -1.03. The van der Waals surface area contributed by atoms with E-state index >= 15 is 0 Å². The average Bonchev–Trinajstić information content (AvgIpc) is 3.25. The van der Waals surface area contributed by atoms with E-state index in [1.54, 1.807) is 41.6 Å². The van der Waals surface area contributed by atoms with Gasteiger partial charge in [0.25, 0.3) is 17.7 Å². The van der Waals surface area contributed by atoms with Gasteiger partial charge in [0.15, 0.2) is 0 Å². The van der Waals surface area contributed by atoms with Gasteiger partial charge in [-0.05, 0) is 86.7 Å². The van der Waals surface area contributed by atoms with Crippen molar-refractivity contribution in [3.63, 3.8) is 0 Å². The number of aromatic nitrogens is 1. The van der Waals surface area contributed by atoms with Crippen LogP contribution in [0.4, 0.5) is 15.8 Å². The number of nitrogens with zero attached hydrogens (tertiary/aromatic N) is 3. The Kier molecular flexibility index (Phi) is 8.88. The summed E-state index contributed by atoms with van der Waals surface area (Å²) in [6.07, 6.45) is 7.26. The minimum atomic E-state index is -0.384. The highest BCUT2D eigenvalue weighted by Crippen LogP contribution is 2.30. The molecule has 1 saturated carbocycles. The number of nitrogens with one attached hydrogen (secondary N) is 2. The van der Waals surface area contributed by atoms with Gasteiger partial charge in [0.05, 0.1) is 11.4 Å². The topological polar surface area (TPSA) is 121 Å². The highest BCUT2D eigenvalue weighted by molar-refractivity contribution is 6.07. The van der Waals surface area contributed by atoms with E-state index in [1.165, 1.54) is 24.3 Å². The third-order valence-corrected chi connectivity index (χ3v) is 7.77. The first-order valence-electron chi connectivity index (χ1n) is 14.1. The second-order valence-electron chi connectivity index (χ2n) is 10.6. The van der Waals surface area contributed by atoms with Crippen molar-refractivity contribution in [2.45, 2.75) is 44.2 Å². The van der Waals surface area contributed by atoms with Crippen LogP contribution >= 0.6 is 0 Å². The molecule has 214 valence electrons. The molecule has 2 fully saturated rings. The van der Waals surface area contributed by atoms with Crippen LogP contribution in [-0.2, 0) is 0 Å². The first-order chi connectivity index (χ1) is 19.9. The van der Waals surface area contributed by atoms with Gasteiger partial charge in [-0.2, -0.15) is 0 Å². The monoisotopic (exact) mass is 558 g/mol. The van der Waals surface area contributed by atoms with Crippen LogP contribution in [0.5, 0.6) is 0 Å². The van der Waals surface area contributed by atoms with E-state index in [0.717, 1.165) is 31.4 Å². The normalized spacial score (nSPS) is 19.3. The zero-order valence-electron chi connectivity index (χ0n) is 22.9. The predicted octanol–water partition coefficient (Wildman–Crippen LogP) is 3.83. The Morgan fingerprint density at radius 2 is 1.51 bits per heavy atom. The fourth-order valence-corrected chi connectivity index (χ4v) is 5.42. The number of pyridine rings is 1. The molecule has 0 unspecified atom stereocenters. The lowest BCUT2D eigenvalue weighted by Crippen LogP contribution is -2.40. The summed E-state index contributed by atoms with van der Waals surface area (Å²) in [6.45, 7) is 2.19. The van der Waals surface area contributed by atoms with Crippen molar-refractivity contribution in [1.82, 2.24) is 15.2 Å². The molecular weight excluding hydrogens is 523 g/mol. The minimum absolute atomic E-state index is 0.0760. The summed E-state index contributed by atoms with van der Waals surface area (Å²) in [5.41, 5.74) is 8.65. The van der Waals surface area contributed by atoms with E-state index in [0.29, 0.717) is 55.0 Å². The summed E-state index contributed by atoms with van der Waals surface area (Å²) < 4.78 is 13.3. The Balaban J connectivity index is 1.35. The minimum Gasteiger partial charge on any atom is -0.368 e. The first-order valence-corrected chi connectivity index (χ1v) is 14.1. The lowest BCUT2D eigenvalue weighted by Gasteiger charge is -2.28. The van der Waals surface area contributed by atoms with Gasteiger partial charge in [0, 0.05) is 67.3 Å². The maximum atomic E-state index is 13.3. The number of amides is 3. The standard InChI is InChI=1S/C31H35FN6O3/c32-24-5-2-22(3-6-24)31(41)38-17-1-16-37(18-19-38)28-11-4-23(30(40)35-26-9-7-25(33)8-10-26)20-27(28)36-29(39)21-12-14-34-15-13-21/h2-6,11-15,20,25-26H,1,7-10,16-19,33H2,(H,35,40)(H,36,39). The number of hydrogen-bond acceptors (Lipinski definition) is 6. The number of benzene rings is 2. The van der Waals surface area contributed by atoms with Crippen molar-refractivity contribution in [1.29, 1.82) is 0 Å². The van der Waals surface area contributed by atoms with Crippen molar-refractivity contribution in [3.05, 3.63) is 89.5 Å². The highest BCUT2D eigenvalue weighted by atomic mass is 19.1. The molecule has 3 aromatic rings. The molecule has 1 aromatic heterocycles. The van der Waals surface area contributed by atoms with Gasteiger partial charge in [-0.1, -0.05) is 0 Å². The number of carbonyl (C=O) groups excluding carboxylic acids is 3. The number of carbonyl (C=O) groups is 3. The van der Waals surface area contributed by atoms with E-state index in [-0.39, 0.29) is 35.6 Å². The maximum absolute atomic E-state index is 13.3. The van der Waals surface area contributed by atoms with Crippen molar-refractivity contribution in [2.24, 2.45) is 5.73 Å². The van der Waals surface area contributed by atoms with Crippen molar-refractivity contribution in [2.75, 3.05) is 36.4 Å². The molecule has 5 rings (SSSR count). The van der Waals surface area contributed by atoms with Crippen LogP contribution in [-0.4, -0.2) is 65.9 Å². The van der Waals surface area contributed by atoms with Crippen LogP contribution in [0.2, 0.25) is 0 Å². The number of nitrogens with two attached hydrogens (primary N) is 1. The molecule has 3 amide bonds. The second kappa shape index (κ2) is 12.9. The molecule has 2 aromatic carbocycles. The molecule has 1 aliphatic carbocycles. The molecule has 41 heavy (non-hydrogen) atoms. The quantitative estimate of drug-likeness (QED) is 0.423. The zero-order chi connectivity index (χ0) is 28.8. The third kappa shape index (κ3) is 7.07. The summed E-state index contributed by atoms with van der Waals surface area (Å²) >= 11 is 0. The summed E-state index contributed by atoms with van der Waals surface area (Å²) in [4.78, 5) is 47.2. The van der Waals surface area contributed by atoms with E-state index < -0.39 is 0 Å². The van der Waals surface area contributed by atoms with E-state index in [9.17, 15) is 18.8 Å². The number of halogens is 1. The molecule has 1 aliphatic heterocycles. The molecule has 4 N–H and O–H groups in total. The smallest absolute Gasteiger partial charge is 0.255 e. The lowest BCUT2D eigenvalue weighted by atomic mass is 9.91. The molecule has 2 aliphatic rings. The Morgan fingerprint density at radius 1 is 0.805 bits per heavy atom. The zero-order valence-corrected chi connectivity index (χ0v) is 22.9. The third-order valence-electron chi connectivity index (χ3n) is 7.77. The fraction of sp³-hybridized carbons (Fsp3) is 0.355. The fourth-order valence-electron chi connectivity index (χ4n) is 5.42. The van der Waals surface area contributed by atoms with Crippen LogP contribution in [0, 0.1) is 5.82 Å². The van der Waals surface area contributed by atoms with Crippen LogP contribution in [0.3, 0.4) is 0 Å². The van der Waals surface area contributed by atoms with E-state index in [1.807, 2.05) is 6.07 Å². The average molecular weight is 559 g/mol. The Bertz CT molecular complexity index is 1380. The molecule has 1 saturated heterocycles. The SMILES string of the molecule is NC1CCC(NC(=O)c2ccc(N3CCCN(C(=O)c4ccc(F)cc4)CC3)c(NC(=O)c3ccncc3)c2)CC1. The molecular formula is C31H35FN6O3. The lowest BCUT2D eigenvalue weighted by molar-refractivity contribution is 0.0766. The van der Waals surface area contributed by atoms with Crippen LogP contribution in [0.1, 0.15) is 63.2 Å². The molecule has 2 heterocycles. The van der Waals surface area contributed by atoms with Crippen molar-refractivity contribution in [3.8, 4) is 0 Å². The molecule has 0 spiro atoms. The Morgan fingerprint density at radius 3 is 2.24 bits per heavy atom. The molecule has 0 radical (unpaired) electrons. The highest BCUT2D eigenvalue weighted by Gasteiger charge is 2.25. The number of hydrogen-bond donors (Lipinski definition) is 3. The summed E-state index contributed by atoms with van der Waals surface area (Å²) in [7, 11) is 0. The van der Waals surface area contributed by atoms with E-state index in [2.05, 4.69) is 20.5 Å². The van der Waals surface area contributed by atoms with Gasteiger partial charge in [-0.15, -0.1) is 0 Å². The molecule has 0 atom stereocenters. The van der Waals surface area contributed by atoms with Crippen LogP contribution < -0.4 is 21.3 Å². The molecule has 0 bridgehead atoms. The summed E-state index contributed by atoms with van der Waals surface area (Å²) in [6, 6.07) is 14.4. The van der Waals surface area contributed by atoms with Crippen molar-refractivity contribution < 1.29 is 18.8 Å². The van der Waals surface area contributed by atoms with E-state index in [4.69, 9.17) is 5.73 Å². The van der Waals surface area contributed by atoms with Crippen LogP contribution in [0.25, 0.3) is 0 Å². The second-order valence-corrected chi connectivity index (χ2v) is 10.6. The molecule has 9 nitrogen and oxygen atoms in total. The number of anilines is 2. The van der Waals surface area contributed by atoms with Crippen LogP contribution in [0.15, 0.2) is 67.0 Å². The van der Waals surface area contributed by atoms with Gasteiger partial charge in [0.1, 0.15) is 5.82 Å². The Hall–Kier alpha value is -4.31. The molecule has 10 heteroatoms. The maximum Gasteiger partial charge on any atom is 0.255 e. The van der Waals surface area contributed by atoms with Gasteiger partial charge in [0.2, 0.25) is 0 Å². The Labute approximate surface area is 238 Å². The first kappa shape index (κ1) is 28.2. The van der Waals surface area contributed by atoms with Gasteiger partial charge >= 0.3 is 0 Å². The van der Waals surface area contributed by atoms with Gasteiger partial charge < -0.3 is 26.2 Å². The van der Waals surface area contributed by atoms with Crippen molar-refractivity contribution >= 4 is 29.1 Å². The number of rotatable bonds is 6. The van der Waals surface area contributed by atoms with Gasteiger partial charge in [-0.3, -0.25) is 19.4 Å². The predicted molar refractivity (Wildman–Crippen MR) is 155 cm³/mol.